The molecule has 1 saturated heterocycles. The molecule has 1 aromatic heterocycles. The third kappa shape index (κ3) is 1.54. The minimum absolute atomic E-state index is 0.141. The molecule has 0 radical (unpaired) electrons. The van der Waals surface area contributed by atoms with Crippen LogP contribution in [0.4, 0.5) is 4.79 Å². The molecule has 17 heavy (non-hydrogen) atoms. The fourth-order valence-corrected chi connectivity index (χ4v) is 2.24. The Kier molecular flexibility index (Phi) is 2.24. The van der Waals surface area contributed by atoms with E-state index in [9.17, 15) is 4.79 Å². The first kappa shape index (κ1) is 10.1. The predicted molar refractivity (Wildman–Crippen MR) is 62.6 cm³/mol. The molecule has 1 amide bonds. The molecule has 0 bridgehead atoms. The fraction of sp³-hybridized carbons (Fsp3) is 0.333. The SMILES string of the molecule is COC(=O)N1CCC1c1ccc2[nH]ncc2c1. The van der Waals surface area contributed by atoms with E-state index in [2.05, 4.69) is 16.3 Å². The maximum Gasteiger partial charge on any atom is 0.409 e. The Morgan fingerprint density at radius 1 is 1.59 bits per heavy atom. The van der Waals surface area contributed by atoms with Gasteiger partial charge in [-0.25, -0.2) is 4.79 Å². The number of nitrogens with one attached hydrogen (secondary N) is 1. The summed E-state index contributed by atoms with van der Waals surface area (Å²) in [5.74, 6) is 0. The van der Waals surface area contributed by atoms with Crippen LogP contribution in [0.25, 0.3) is 10.9 Å². The Morgan fingerprint density at radius 2 is 2.47 bits per heavy atom. The smallest absolute Gasteiger partial charge is 0.409 e. The number of ether oxygens (including phenoxy) is 1. The third-order valence-corrected chi connectivity index (χ3v) is 3.28. The van der Waals surface area contributed by atoms with Gasteiger partial charge in [-0.2, -0.15) is 5.10 Å². The van der Waals surface area contributed by atoms with Crippen molar-refractivity contribution < 1.29 is 9.53 Å². The van der Waals surface area contributed by atoms with Gasteiger partial charge in [-0.05, 0) is 24.1 Å². The van der Waals surface area contributed by atoms with Gasteiger partial charge in [0, 0.05) is 11.9 Å². The number of H-pyrrole nitrogens is 1. The van der Waals surface area contributed by atoms with Crippen molar-refractivity contribution >= 4 is 17.0 Å². The molecule has 1 aromatic carbocycles. The average Bonchev–Trinajstić information content (AvgIpc) is 2.74. The van der Waals surface area contributed by atoms with Gasteiger partial charge in [0.25, 0.3) is 0 Å². The van der Waals surface area contributed by atoms with Crippen molar-refractivity contribution in [2.24, 2.45) is 0 Å². The summed E-state index contributed by atoms with van der Waals surface area (Å²) in [5.41, 5.74) is 2.15. The first-order valence-corrected chi connectivity index (χ1v) is 5.57. The van der Waals surface area contributed by atoms with Gasteiger partial charge in [-0.3, -0.25) is 5.10 Å². The molecule has 88 valence electrons. The van der Waals surface area contributed by atoms with E-state index in [0.717, 1.165) is 29.4 Å². The largest absolute Gasteiger partial charge is 0.453 e. The van der Waals surface area contributed by atoms with Gasteiger partial charge >= 0.3 is 6.09 Å². The average molecular weight is 231 g/mol. The summed E-state index contributed by atoms with van der Waals surface area (Å²) >= 11 is 0. The minimum Gasteiger partial charge on any atom is -0.453 e. The molecule has 0 saturated carbocycles. The van der Waals surface area contributed by atoms with Crippen LogP contribution in [0.3, 0.4) is 0 Å². The number of aromatic nitrogens is 2. The molecule has 1 N–H and O–H groups in total. The maximum absolute atomic E-state index is 11.5. The van der Waals surface area contributed by atoms with E-state index in [1.54, 1.807) is 11.1 Å². The molecule has 2 heterocycles. The van der Waals surface area contributed by atoms with Gasteiger partial charge < -0.3 is 9.64 Å². The van der Waals surface area contributed by atoms with Crippen molar-refractivity contribution in [3.8, 4) is 0 Å². The lowest BCUT2D eigenvalue weighted by Gasteiger charge is -2.39. The van der Waals surface area contributed by atoms with Crippen LogP contribution in [0.2, 0.25) is 0 Å². The van der Waals surface area contributed by atoms with E-state index in [4.69, 9.17) is 4.74 Å². The van der Waals surface area contributed by atoms with Gasteiger partial charge in [0.05, 0.1) is 24.9 Å². The number of hydrogen-bond acceptors (Lipinski definition) is 3. The number of benzene rings is 1. The van der Waals surface area contributed by atoms with Gasteiger partial charge in [-0.15, -0.1) is 0 Å². The highest BCUT2D eigenvalue weighted by Crippen LogP contribution is 2.34. The number of methoxy groups -OCH3 is 1. The molecular weight excluding hydrogens is 218 g/mol. The Morgan fingerprint density at radius 3 is 3.18 bits per heavy atom. The number of fused-ring (bicyclic) bond motifs is 1. The summed E-state index contributed by atoms with van der Waals surface area (Å²) in [5, 5.41) is 7.97. The van der Waals surface area contributed by atoms with E-state index < -0.39 is 0 Å². The normalized spacial score (nSPS) is 19.1. The predicted octanol–water partition coefficient (Wildman–Crippen LogP) is 2.08. The number of likely N-dealkylation sites (tertiary alicyclic amines) is 1. The van der Waals surface area contributed by atoms with Crippen LogP contribution in [0, 0.1) is 0 Å². The summed E-state index contributed by atoms with van der Waals surface area (Å²) in [7, 11) is 1.41. The van der Waals surface area contributed by atoms with Crippen LogP contribution in [0.1, 0.15) is 18.0 Å². The monoisotopic (exact) mass is 231 g/mol. The first-order chi connectivity index (χ1) is 8.29. The number of carbonyl (C=O) groups excluding carboxylic acids is 1. The Labute approximate surface area is 98.4 Å². The number of rotatable bonds is 1. The van der Waals surface area contributed by atoms with Crippen LogP contribution >= 0.6 is 0 Å². The summed E-state index contributed by atoms with van der Waals surface area (Å²) in [4.78, 5) is 13.2. The molecule has 1 fully saturated rings. The second kappa shape index (κ2) is 3.76. The van der Waals surface area contributed by atoms with Crippen molar-refractivity contribution in [2.45, 2.75) is 12.5 Å². The second-order valence-corrected chi connectivity index (χ2v) is 4.18. The van der Waals surface area contributed by atoms with Crippen molar-refractivity contribution in [1.29, 1.82) is 0 Å². The zero-order valence-electron chi connectivity index (χ0n) is 9.51. The molecule has 3 rings (SSSR count). The van der Waals surface area contributed by atoms with Gasteiger partial charge in [-0.1, -0.05) is 6.07 Å². The number of carbonyl (C=O) groups is 1. The van der Waals surface area contributed by atoms with Crippen molar-refractivity contribution in [1.82, 2.24) is 15.1 Å². The van der Waals surface area contributed by atoms with Gasteiger partial charge in [0.15, 0.2) is 0 Å². The van der Waals surface area contributed by atoms with E-state index in [-0.39, 0.29) is 12.1 Å². The van der Waals surface area contributed by atoms with Gasteiger partial charge in [0.2, 0.25) is 0 Å². The summed E-state index contributed by atoms with van der Waals surface area (Å²) < 4.78 is 4.75. The molecule has 5 nitrogen and oxygen atoms in total. The maximum atomic E-state index is 11.5. The summed E-state index contributed by atoms with van der Waals surface area (Å²) in [6.45, 7) is 0.765. The molecule has 1 aliphatic heterocycles. The lowest BCUT2D eigenvalue weighted by molar-refractivity contribution is 0.0612. The second-order valence-electron chi connectivity index (χ2n) is 4.18. The summed E-state index contributed by atoms with van der Waals surface area (Å²) in [6, 6.07) is 6.23. The summed E-state index contributed by atoms with van der Waals surface area (Å²) in [6.07, 6.45) is 2.52. The van der Waals surface area contributed by atoms with Crippen molar-refractivity contribution in [3.63, 3.8) is 0 Å². The van der Waals surface area contributed by atoms with Crippen molar-refractivity contribution in [3.05, 3.63) is 30.0 Å². The molecule has 0 spiro atoms. The highest BCUT2D eigenvalue weighted by Gasteiger charge is 2.34. The lowest BCUT2D eigenvalue weighted by atomic mass is 9.94. The molecule has 5 heteroatoms. The number of amides is 1. The van der Waals surface area contributed by atoms with Gasteiger partial charge in [0.1, 0.15) is 0 Å². The Bertz CT molecular complexity index is 564. The molecule has 1 aliphatic rings. The van der Waals surface area contributed by atoms with Crippen molar-refractivity contribution in [2.75, 3.05) is 13.7 Å². The van der Waals surface area contributed by atoms with Crippen LogP contribution in [0.15, 0.2) is 24.4 Å². The van der Waals surface area contributed by atoms with Crippen LogP contribution < -0.4 is 0 Å². The minimum atomic E-state index is -0.256. The number of aromatic amines is 1. The van der Waals surface area contributed by atoms with E-state index in [1.807, 2.05) is 12.1 Å². The first-order valence-electron chi connectivity index (χ1n) is 5.57. The standard InChI is InChI=1S/C12H13N3O2/c1-17-12(16)15-5-4-11(15)8-2-3-10-9(6-8)7-13-14-10/h2-3,6-7,11H,4-5H2,1H3,(H,13,14). The highest BCUT2D eigenvalue weighted by atomic mass is 16.5. The van der Waals surface area contributed by atoms with Crippen LogP contribution in [-0.4, -0.2) is 34.8 Å². The van der Waals surface area contributed by atoms with Crippen LogP contribution in [0.5, 0.6) is 0 Å². The highest BCUT2D eigenvalue weighted by molar-refractivity contribution is 5.79. The van der Waals surface area contributed by atoms with E-state index >= 15 is 0 Å². The Hall–Kier alpha value is -2.04. The molecule has 2 aromatic rings. The molecular formula is C12H13N3O2. The number of hydrogen-bond donors (Lipinski definition) is 1. The molecule has 1 atom stereocenters. The Balaban J connectivity index is 1.90. The van der Waals surface area contributed by atoms with E-state index in [1.165, 1.54) is 7.11 Å². The topological polar surface area (TPSA) is 58.2 Å². The van der Waals surface area contributed by atoms with Crippen LogP contribution in [-0.2, 0) is 4.74 Å². The molecule has 1 unspecified atom stereocenters. The zero-order chi connectivity index (χ0) is 11.8. The van der Waals surface area contributed by atoms with E-state index in [0.29, 0.717) is 0 Å². The fourth-order valence-electron chi connectivity index (χ4n) is 2.24. The third-order valence-electron chi connectivity index (χ3n) is 3.28. The quantitative estimate of drug-likeness (QED) is 0.817. The molecule has 0 aliphatic carbocycles. The lowest BCUT2D eigenvalue weighted by Crippen LogP contribution is -2.44. The number of nitrogens with zero attached hydrogens (tertiary/aromatic N) is 2. The zero-order valence-corrected chi connectivity index (χ0v) is 9.51.